The molecule has 0 radical (unpaired) electrons. The van der Waals surface area contributed by atoms with Crippen molar-refractivity contribution in [3.05, 3.63) is 35.9 Å². The van der Waals surface area contributed by atoms with Crippen molar-refractivity contribution in [2.45, 2.75) is 26.3 Å². The molecule has 0 fully saturated rings. The molecule has 1 aromatic carbocycles. The number of hydrogen-bond donors (Lipinski definition) is 2. The van der Waals surface area contributed by atoms with E-state index < -0.39 is 0 Å². The molecule has 0 spiro atoms. The number of nitrogens with one attached hydrogen (secondary N) is 1. The molecule has 0 heterocycles. The van der Waals surface area contributed by atoms with Gasteiger partial charge in [-0.15, -0.1) is 0 Å². The van der Waals surface area contributed by atoms with Crippen molar-refractivity contribution in [2.24, 2.45) is 11.7 Å². The van der Waals surface area contributed by atoms with Crippen LogP contribution in [0.5, 0.6) is 5.75 Å². The summed E-state index contributed by atoms with van der Waals surface area (Å²) in [5.41, 5.74) is 7.58. The van der Waals surface area contributed by atoms with Crippen LogP contribution in [0, 0.1) is 12.8 Å². The van der Waals surface area contributed by atoms with Crippen molar-refractivity contribution in [3.8, 4) is 5.75 Å². The Hall–Kier alpha value is -1.81. The van der Waals surface area contributed by atoms with Crippen molar-refractivity contribution in [3.63, 3.8) is 0 Å². The normalized spacial score (nSPS) is 21.4. The zero-order chi connectivity index (χ0) is 13.8. The molecule has 2 atom stereocenters. The predicted octanol–water partition coefficient (Wildman–Crippen LogP) is 2.24. The second-order valence-electron chi connectivity index (χ2n) is 4.81. The minimum absolute atomic E-state index is 0.0138. The van der Waals surface area contributed by atoms with Crippen LogP contribution in [0.25, 0.3) is 0 Å². The topological polar surface area (TPSA) is 64.3 Å². The molecule has 2 unspecified atom stereocenters. The van der Waals surface area contributed by atoms with Crippen molar-refractivity contribution >= 4 is 11.6 Å². The molecule has 0 saturated heterocycles. The summed E-state index contributed by atoms with van der Waals surface area (Å²) in [6.45, 7) is 4.49. The molecule has 4 heteroatoms. The van der Waals surface area contributed by atoms with E-state index in [0.717, 1.165) is 5.56 Å². The second kappa shape index (κ2) is 5.89. The van der Waals surface area contributed by atoms with E-state index in [1.807, 2.05) is 44.2 Å². The Kier molecular flexibility index (Phi) is 4.22. The van der Waals surface area contributed by atoms with Gasteiger partial charge in [0.15, 0.2) is 0 Å². The zero-order valence-corrected chi connectivity index (χ0v) is 11.3. The molecule has 2 rings (SSSR count). The van der Waals surface area contributed by atoms with Crippen molar-refractivity contribution in [1.82, 2.24) is 0 Å². The van der Waals surface area contributed by atoms with Crippen molar-refractivity contribution < 1.29 is 9.53 Å². The molecule has 1 amide bonds. The Morgan fingerprint density at radius 2 is 2.26 bits per heavy atom. The lowest BCUT2D eigenvalue weighted by Crippen LogP contribution is -2.24. The molecule has 0 bridgehead atoms. The SMILES string of the molecule is CCOc1cc(C)ccc1NC(=O)C1C=CC(N)C1. The lowest BCUT2D eigenvalue weighted by molar-refractivity contribution is -0.118. The first kappa shape index (κ1) is 13.6. The highest BCUT2D eigenvalue weighted by Crippen LogP contribution is 2.27. The van der Waals surface area contributed by atoms with Crippen LogP contribution in [0.3, 0.4) is 0 Å². The van der Waals surface area contributed by atoms with E-state index in [0.29, 0.717) is 24.5 Å². The van der Waals surface area contributed by atoms with Gasteiger partial charge in [0.05, 0.1) is 18.2 Å². The van der Waals surface area contributed by atoms with Crippen LogP contribution in [0.15, 0.2) is 30.4 Å². The minimum atomic E-state index is -0.147. The maximum atomic E-state index is 12.1. The number of nitrogens with two attached hydrogens (primary N) is 1. The lowest BCUT2D eigenvalue weighted by Gasteiger charge is -2.14. The number of carbonyl (C=O) groups is 1. The van der Waals surface area contributed by atoms with Crippen LogP contribution in [0.1, 0.15) is 18.9 Å². The molecule has 4 nitrogen and oxygen atoms in total. The average molecular weight is 260 g/mol. The van der Waals surface area contributed by atoms with Gasteiger partial charge in [-0.2, -0.15) is 0 Å². The van der Waals surface area contributed by atoms with E-state index in [9.17, 15) is 4.79 Å². The van der Waals surface area contributed by atoms with Gasteiger partial charge in [0, 0.05) is 6.04 Å². The molecule has 1 aliphatic rings. The van der Waals surface area contributed by atoms with Crippen LogP contribution in [0.4, 0.5) is 5.69 Å². The van der Waals surface area contributed by atoms with E-state index in [4.69, 9.17) is 10.5 Å². The number of amides is 1. The smallest absolute Gasteiger partial charge is 0.231 e. The van der Waals surface area contributed by atoms with Gasteiger partial charge in [0.2, 0.25) is 5.91 Å². The second-order valence-corrected chi connectivity index (χ2v) is 4.81. The van der Waals surface area contributed by atoms with Crippen molar-refractivity contribution in [1.29, 1.82) is 0 Å². The third-order valence-corrected chi connectivity index (χ3v) is 3.15. The van der Waals surface area contributed by atoms with Crippen LogP contribution < -0.4 is 15.8 Å². The van der Waals surface area contributed by atoms with Crippen LogP contribution in [-0.2, 0) is 4.79 Å². The van der Waals surface area contributed by atoms with Gasteiger partial charge >= 0.3 is 0 Å². The van der Waals surface area contributed by atoms with Gasteiger partial charge < -0.3 is 15.8 Å². The quantitative estimate of drug-likeness (QED) is 0.816. The van der Waals surface area contributed by atoms with Crippen molar-refractivity contribution in [2.75, 3.05) is 11.9 Å². The number of benzene rings is 1. The standard InChI is InChI=1S/C15H20N2O2/c1-3-19-14-8-10(2)4-7-13(14)17-15(18)11-5-6-12(16)9-11/h4-8,11-12H,3,9,16H2,1-2H3,(H,17,18). The summed E-state index contributed by atoms with van der Waals surface area (Å²) in [6, 6.07) is 5.74. The average Bonchev–Trinajstić information content (AvgIpc) is 2.80. The van der Waals surface area contributed by atoms with E-state index in [-0.39, 0.29) is 17.9 Å². The Balaban J connectivity index is 2.10. The van der Waals surface area contributed by atoms with Gasteiger partial charge in [-0.3, -0.25) is 4.79 Å². The molecule has 1 aromatic rings. The fourth-order valence-corrected chi connectivity index (χ4v) is 2.15. The zero-order valence-electron chi connectivity index (χ0n) is 11.3. The molecule has 0 aliphatic heterocycles. The summed E-state index contributed by atoms with van der Waals surface area (Å²) in [5.74, 6) is 0.530. The molecule has 19 heavy (non-hydrogen) atoms. The predicted molar refractivity (Wildman–Crippen MR) is 76.2 cm³/mol. The summed E-state index contributed by atoms with van der Waals surface area (Å²) in [4.78, 5) is 12.1. The minimum Gasteiger partial charge on any atom is -0.492 e. The summed E-state index contributed by atoms with van der Waals surface area (Å²) >= 11 is 0. The van der Waals surface area contributed by atoms with Gasteiger partial charge in [0.1, 0.15) is 5.75 Å². The van der Waals surface area contributed by atoms with E-state index in [1.54, 1.807) is 0 Å². The monoisotopic (exact) mass is 260 g/mol. The fourth-order valence-electron chi connectivity index (χ4n) is 2.15. The molecule has 1 aliphatic carbocycles. The van der Waals surface area contributed by atoms with Crippen LogP contribution in [0.2, 0.25) is 0 Å². The van der Waals surface area contributed by atoms with E-state index in [1.165, 1.54) is 0 Å². The maximum absolute atomic E-state index is 12.1. The first-order valence-electron chi connectivity index (χ1n) is 6.58. The van der Waals surface area contributed by atoms with Crippen LogP contribution in [-0.4, -0.2) is 18.6 Å². The lowest BCUT2D eigenvalue weighted by atomic mass is 10.1. The highest BCUT2D eigenvalue weighted by Gasteiger charge is 2.23. The molecule has 3 N–H and O–H groups in total. The fraction of sp³-hybridized carbons (Fsp3) is 0.400. The highest BCUT2D eigenvalue weighted by atomic mass is 16.5. The Labute approximate surface area is 113 Å². The summed E-state index contributed by atoms with van der Waals surface area (Å²) < 4.78 is 5.55. The summed E-state index contributed by atoms with van der Waals surface area (Å²) in [6.07, 6.45) is 4.42. The van der Waals surface area contributed by atoms with Gasteiger partial charge in [-0.1, -0.05) is 18.2 Å². The Bertz CT molecular complexity index is 497. The summed E-state index contributed by atoms with van der Waals surface area (Å²) in [7, 11) is 0. The summed E-state index contributed by atoms with van der Waals surface area (Å²) in [5, 5.41) is 2.91. The molecule has 0 saturated carbocycles. The number of carbonyl (C=O) groups excluding carboxylic acids is 1. The van der Waals surface area contributed by atoms with E-state index >= 15 is 0 Å². The largest absolute Gasteiger partial charge is 0.492 e. The molecular formula is C15H20N2O2. The maximum Gasteiger partial charge on any atom is 0.231 e. The van der Waals surface area contributed by atoms with E-state index in [2.05, 4.69) is 5.32 Å². The Morgan fingerprint density at radius 1 is 1.47 bits per heavy atom. The highest BCUT2D eigenvalue weighted by molar-refractivity contribution is 5.95. The van der Waals surface area contributed by atoms with Crippen LogP contribution >= 0.6 is 0 Å². The first-order valence-corrected chi connectivity index (χ1v) is 6.58. The number of hydrogen-bond acceptors (Lipinski definition) is 3. The molecule has 0 aromatic heterocycles. The number of aryl methyl sites for hydroxylation is 1. The molecular weight excluding hydrogens is 240 g/mol. The van der Waals surface area contributed by atoms with Gasteiger partial charge in [0.25, 0.3) is 0 Å². The third kappa shape index (κ3) is 3.35. The number of ether oxygens (including phenoxy) is 1. The first-order chi connectivity index (χ1) is 9.10. The van der Waals surface area contributed by atoms with Gasteiger partial charge in [-0.25, -0.2) is 0 Å². The number of anilines is 1. The van der Waals surface area contributed by atoms with Gasteiger partial charge in [-0.05, 0) is 38.0 Å². The molecule has 102 valence electrons. The Morgan fingerprint density at radius 3 is 2.89 bits per heavy atom. The third-order valence-electron chi connectivity index (χ3n) is 3.15. The number of rotatable bonds is 4.